The van der Waals surface area contributed by atoms with Crippen LogP contribution in [0.15, 0.2) is 18.3 Å². The summed E-state index contributed by atoms with van der Waals surface area (Å²) in [6, 6.07) is 2.98. The Hall–Kier alpha value is -0.780. The Morgan fingerprint density at radius 2 is 2.06 bits per heavy atom. The molecule has 0 spiro atoms. The zero-order valence-electron chi connectivity index (χ0n) is 9.75. The van der Waals surface area contributed by atoms with Crippen molar-refractivity contribution in [1.82, 2.24) is 4.98 Å². The molecule has 1 saturated carbocycles. The standard InChI is InChI=1S/C12H14BrF3N2/c13-6-7-18(10-2-1-3-10)11-5-4-9(8-17-11)12(14,15)16/h4-5,8,10H,1-3,6-7H2. The summed E-state index contributed by atoms with van der Waals surface area (Å²) in [6.45, 7) is 0.767. The molecule has 1 heterocycles. The molecule has 0 aliphatic heterocycles. The molecule has 2 rings (SSSR count). The summed E-state index contributed by atoms with van der Waals surface area (Å²) in [7, 11) is 0. The molecule has 1 aromatic heterocycles. The molecule has 100 valence electrons. The molecule has 2 nitrogen and oxygen atoms in total. The molecule has 0 aromatic carbocycles. The smallest absolute Gasteiger partial charge is 0.353 e. The lowest BCUT2D eigenvalue weighted by Gasteiger charge is -2.38. The maximum Gasteiger partial charge on any atom is 0.417 e. The molecule has 0 bridgehead atoms. The van der Waals surface area contributed by atoms with Gasteiger partial charge in [-0.2, -0.15) is 13.2 Å². The summed E-state index contributed by atoms with van der Waals surface area (Å²) in [4.78, 5) is 6.03. The number of alkyl halides is 4. The van der Waals surface area contributed by atoms with Crippen LogP contribution in [0.25, 0.3) is 0 Å². The highest BCUT2D eigenvalue weighted by molar-refractivity contribution is 9.09. The minimum absolute atomic E-state index is 0.423. The fourth-order valence-electron chi connectivity index (χ4n) is 2.00. The van der Waals surface area contributed by atoms with Crippen molar-refractivity contribution >= 4 is 21.7 Å². The SMILES string of the molecule is FC(F)(F)c1ccc(N(CCBr)C2CCC2)nc1. The zero-order chi connectivity index (χ0) is 13.2. The van der Waals surface area contributed by atoms with Crippen molar-refractivity contribution in [3.8, 4) is 0 Å². The van der Waals surface area contributed by atoms with Crippen LogP contribution < -0.4 is 4.90 Å². The third-order valence-corrected chi connectivity index (χ3v) is 3.56. The predicted molar refractivity (Wildman–Crippen MR) is 68.0 cm³/mol. The first-order chi connectivity index (χ1) is 8.52. The van der Waals surface area contributed by atoms with Crippen molar-refractivity contribution in [3.05, 3.63) is 23.9 Å². The molecule has 0 amide bonds. The van der Waals surface area contributed by atoms with Gasteiger partial charge in [0.1, 0.15) is 5.82 Å². The van der Waals surface area contributed by atoms with Crippen LogP contribution in [0, 0.1) is 0 Å². The van der Waals surface area contributed by atoms with Crippen molar-refractivity contribution in [1.29, 1.82) is 0 Å². The summed E-state index contributed by atoms with van der Waals surface area (Å²) in [5, 5.41) is 0.784. The van der Waals surface area contributed by atoms with E-state index in [0.717, 1.165) is 37.0 Å². The van der Waals surface area contributed by atoms with Gasteiger partial charge < -0.3 is 4.90 Å². The molecule has 0 atom stereocenters. The van der Waals surface area contributed by atoms with E-state index in [9.17, 15) is 13.2 Å². The highest BCUT2D eigenvalue weighted by atomic mass is 79.9. The molecule has 0 radical (unpaired) electrons. The topological polar surface area (TPSA) is 16.1 Å². The lowest BCUT2D eigenvalue weighted by molar-refractivity contribution is -0.137. The zero-order valence-corrected chi connectivity index (χ0v) is 11.3. The summed E-state index contributed by atoms with van der Waals surface area (Å²) in [5.74, 6) is 0.632. The lowest BCUT2D eigenvalue weighted by Crippen LogP contribution is -2.41. The quantitative estimate of drug-likeness (QED) is 0.783. The van der Waals surface area contributed by atoms with Gasteiger partial charge in [0.2, 0.25) is 0 Å². The second-order valence-electron chi connectivity index (χ2n) is 4.37. The fourth-order valence-corrected chi connectivity index (χ4v) is 2.38. The second-order valence-corrected chi connectivity index (χ2v) is 5.16. The van der Waals surface area contributed by atoms with E-state index in [1.54, 1.807) is 0 Å². The van der Waals surface area contributed by atoms with Gasteiger partial charge in [-0.05, 0) is 31.4 Å². The Labute approximate surface area is 112 Å². The molecule has 1 aliphatic carbocycles. The maximum absolute atomic E-state index is 12.4. The molecule has 0 unspecified atom stereocenters. The molecule has 1 aromatic rings. The third kappa shape index (κ3) is 2.96. The van der Waals surface area contributed by atoms with Crippen LogP contribution in [-0.2, 0) is 6.18 Å². The van der Waals surface area contributed by atoms with Crippen molar-refractivity contribution in [2.75, 3.05) is 16.8 Å². The van der Waals surface area contributed by atoms with Gasteiger partial charge in [0.25, 0.3) is 0 Å². The van der Waals surface area contributed by atoms with Gasteiger partial charge in [-0.3, -0.25) is 0 Å². The Balaban J connectivity index is 2.15. The van der Waals surface area contributed by atoms with Crippen molar-refractivity contribution in [2.24, 2.45) is 0 Å². The molecule has 6 heteroatoms. The molecule has 18 heavy (non-hydrogen) atoms. The molecule has 0 saturated heterocycles. The van der Waals surface area contributed by atoms with Crippen LogP contribution in [0.4, 0.5) is 19.0 Å². The molecule has 1 fully saturated rings. The Kier molecular flexibility index (Phi) is 4.14. The van der Waals surface area contributed by atoms with Gasteiger partial charge in [0.05, 0.1) is 5.56 Å². The van der Waals surface area contributed by atoms with Gasteiger partial charge in [-0.15, -0.1) is 0 Å². The van der Waals surface area contributed by atoms with Crippen molar-refractivity contribution in [3.63, 3.8) is 0 Å². The number of anilines is 1. The highest BCUT2D eigenvalue weighted by Gasteiger charge is 2.31. The van der Waals surface area contributed by atoms with Crippen LogP contribution in [0.3, 0.4) is 0 Å². The van der Waals surface area contributed by atoms with E-state index in [1.807, 2.05) is 0 Å². The Bertz CT molecular complexity index is 387. The van der Waals surface area contributed by atoms with Gasteiger partial charge >= 0.3 is 6.18 Å². The summed E-state index contributed by atoms with van der Waals surface area (Å²) >= 11 is 3.37. The number of halogens is 4. The fraction of sp³-hybridized carbons (Fsp3) is 0.583. The number of hydrogen-bond acceptors (Lipinski definition) is 2. The summed E-state index contributed by atoms with van der Waals surface area (Å²) in [5.41, 5.74) is -0.696. The number of hydrogen-bond donors (Lipinski definition) is 0. The van der Waals surface area contributed by atoms with Crippen molar-refractivity contribution < 1.29 is 13.2 Å². The Morgan fingerprint density at radius 3 is 2.44 bits per heavy atom. The molecular formula is C12H14BrF3N2. The summed E-state index contributed by atoms with van der Waals surface area (Å²) in [6.07, 6.45) is -0.0347. The van der Waals surface area contributed by atoms with Gasteiger partial charge in [0, 0.05) is 24.1 Å². The average Bonchev–Trinajstić information content (AvgIpc) is 2.25. The lowest BCUT2D eigenvalue weighted by atomic mass is 9.91. The first kappa shape index (κ1) is 13.6. The van der Waals surface area contributed by atoms with Crippen LogP contribution in [-0.4, -0.2) is 22.9 Å². The van der Waals surface area contributed by atoms with Gasteiger partial charge in [0.15, 0.2) is 0 Å². The van der Waals surface area contributed by atoms with Gasteiger partial charge in [-0.1, -0.05) is 15.9 Å². The van der Waals surface area contributed by atoms with E-state index in [0.29, 0.717) is 11.9 Å². The maximum atomic E-state index is 12.4. The van der Waals surface area contributed by atoms with E-state index < -0.39 is 11.7 Å². The minimum Gasteiger partial charge on any atom is -0.353 e. The van der Waals surface area contributed by atoms with Crippen LogP contribution >= 0.6 is 15.9 Å². The number of rotatable bonds is 4. The van der Waals surface area contributed by atoms with Crippen LogP contribution in [0.2, 0.25) is 0 Å². The summed E-state index contributed by atoms with van der Waals surface area (Å²) < 4.78 is 37.3. The number of aromatic nitrogens is 1. The van der Waals surface area contributed by atoms with E-state index in [2.05, 4.69) is 25.8 Å². The number of nitrogens with zero attached hydrogens (tertiary/aromatic N) is 2. The van der Waals surface area contributed by atoms with E-state index >= 15 is 0 Å². The first-order valence-electron chi connectivity index (χ1n) is 5.88. The highest BCUT2D eigenvalue weighted by Crippen LogP contribution is 2.32. The normalized spacial score (nSPS) is 16.4. The van der Waals surface area contributed by atoms with Crippen LogP contribution in [0.5, 0.6) is 0 Å². The predicted octanol–water partition coefficient (Wildman–Crippen LogP) is 3.85. The molecular weight excluding hydrogens is 309 g/mol. The first-order valence-corrected chi connectivity index (χ1v) is 7.00. The largest absolute Gasteiger partial charge is 0.417 e. The number of pyridine rings is 1. The van der Waals surface area contributed by atoms with E-state index in [4.69, 9.17) is 0 Å². The average molecular weight is 323 g/mol. The van der Waals surface area contributed by atoms with Gasteiger partial charge in [-0.25, -0.2) is 4.98 Å². The third-order valence-electron chi connectivity index (χ3n) is 3.21. The van der Waals surface area contributed by atoms with E-state index in [1.165, 1.54) is 12.5 Å². The van der Waals surface area contributed by atoms with Crippen LogP contribution in [0.1, 0.15) is 24.8 Å². The second kappa shape index (κ2) is 5.47. The Morgan fingerprint density at radius 1 is 1.33 bits per heavy atom. The molecule has 0 N–H and O–H groups in total. The van der Waals surface area contributed by atoms with E-state index in [-0.39, 0.29) is 0 Å². The minimum atomic E-state index is -4.32. The molecule has 1 aliphatic rings. The van der Waals surface area contributed by atoms with Crippen molar-refractivity contribution in [2.45, 2.75) is 31.5 Å². The monoisotopic (exact) mass is 322 g/mol.